The fourth-order valence-electron chi connectivity index (χ4n) is 4.32. The largest absolute Gasteiger partial charge is 0.468 e. The second-order valence-electron chi connectivity index (χ2n) is 8.06. The fraction of sp³-hybridized carbons (Fsp3) is 0.833. The Hall–Kier alpha value is -1.67. The highest BCUT2D eigenvalue weighted by Gasteiger charge is 2.66. The number of ether oxygens (including phenoxy) is 3. The third-order valence-electron chi connectivity index (χ3n) is 5.31. The lowest BCUT2D eigenvalue weighted by atomic mass is 9.75. The van der Waals surface area contributed by atoms with Crippen LogP contribution in [0.2, 0.25) is 0 Å². The molecule has 8 heteroatoms. The normalized spacial score (nSPS) is 30.2. The molecule has 148 valence electrons. The first-order chi connectivity index (χ1) is 12.1. The van der Waals surface area contributed by atoms with Crippen molar-refractivity contribution in [2.45, 2.75) is 57.8 Å². The summed E-state index contributed by atoms with van der Waals surface area (Å²) in [5.41, 5.74) is -2.33. The molecular formula is C18H29NO7. The average molecular weight is 371 g/mol. The lowest BCUT2D eigenvalue weighted by molar-refractivity contribution is -0.174. The van der Waals surface area contributed by atoms with Crippen LogP contribution in [0.4, 0.5) is 0 Å². The van der Waals surface area contributed by atoms with Gasteiger partial charge in [0.15, 0.2) is 5.41 Å². The lowest BCUT2D eigenvalue weighted by Crippen LogP contribution is -2.52. The number of nitrogens with one attached hydrogen (secondary N) is 1. The molecule has 1 heterocycles. The summed E-state index contributed by atoms with van der Waals surface area (Å²) < 4.78 is 15.2. The SMILES string of the molecule is COC(=O)C1(C(=O)OC)C[C@H]2[C@H](NCC[C@H]2O)[C@H]1CC(=O)OC(C)(C)C. The van der Waals surface area contributed by atoms with Crippen LogP contribution in [0.5, 0.6) is 0 Å². The Labute approximate surface area is 153 Å². The van der Waals surface area contributed by atoms with Crippen LogP contribution in [-0.2, 0) is 28.6 Å². The van der Waals surface area contributed by atoms with Crippen molar-refractivity contribution in [3.8, 4) is 0 Å². The molecule has 0 aromatic heterocycles. The van der Waals surface area contributed by atoms with Gasteiger partial charge in [0.1, 0.15) is 5.60 Å². The minimum absolute atomic E-state index is 0.0681. The number of rotatable bonds is 4. The zero-order valence-corrected chi connectivity index (χ0v) is 16.0. The van der Waals surface area contributed by atoms with E-state index in [1.165, 1.54) is 14.2 Å². The first kappa shape index (κ1) is 20.6. The Balaban J connectivity index is 2.43. The van der Waals surface area contributed by atoms with Crippen molar-refractivity contribution >= 4 is 17.9 Å². The Bertz CT molecular complexity index is 552. The van der Waals surface area contributed by atoms with Crippen LogP contribution in [0.1, 0.15) is 40.0 Å². The molecule has 8 nitrogen and oxygen atoms in total. The minimum atomic E-state index is -1.64. The molecule has 2 N–H and O–H groups in total. The molecule has 0 radical (unpaired) electrons. The number of fused-ring (bicyclic) bond motifs is 1. The van der Waals surface area contributed by atoms with Gasteiger partial charge in [-0.1, -0.05) is 0 Å². The van der Waals surface area contributed by atoms with Gasteiger partial charge in [0.25, 0.3) is 0 Å². The number of methoxy groups -OCH3 is 2. The summed E-state index contributed by atoms with van der Waals surface area (Å²) in [6, 6.07) is -0.385. The van der Waals surface area contributed by atoms with Crippen LogP contribution in [0.25, 0.3) is 0 Å². The molecule has 0 amide bonds. The lowest BCUT2D eigenvalue weighted by Gasteiger charge is -2.35. The number of aliphatic hydroxyl groups is 1. The van der Waals surface area contributed by atoms with E-state index in [2.05, 4.69) is 5.32 Å². The van der Waals surface area contributed by atoms with Gasteiger partial charge in [0, 0.05) is 17.9 Å². The maximum Gasteiger partial charge on any atom is 0.323 e. The van der Waals surface area contributed by atoms with E-state index in [0.29, 0.717) is 13.0 Å². The smallest absolute Gasteiger partial charge is 0.323 e. The van der Waals surface area contributed by atoms with E-state index in [4.69, 9.17) is 14.2 Å². The van der Waals surface area contributed by atoms with Crippen LogP contribution in [0.15, 0.2) is 0 Å². The summed E-state index contributed by atoms with van der Waals surface area (Å²) in [6.07, 6.45) is -0.238. The molecule has 0 bridgehead atoms. The molecule has 4 atom stereocenters. The second kappa shape index (κ2) is 7.52. The van der Waals surface area contributed by atoms with Crippen molar-refractivity contribution in [3.63, 3.8) is 0 Å². The molecular weight excluding hydrogens is 342 g/mol. The third kappa shape index (κ3) is 3.71. The van der Waals surface area contributed by atoms with E-state index in [-0.39, 0.29) is 24.8 Å². The highest BCUT2D eigenvalue weighted by Crippen LogP contribution is 2.52. The number of hydrogen-bond donors (Lipinski definition) is 2. The quantitative estimate of drug-likeness (QED) is 0.415. The highest BCUT2D eigenvalue weighted by molar-refractivity contribution is 6.01. The summed E-state index contributed by atoms with van der Waals surface area (Å²) >= 11 is 0. The van der Waals surface area contributed by atoms with Crippen LogP contribution in [0.3, 0.4) is 0 Å². The van der Waals surface area contributed by atoms with E-state index in [9.17, 15) is 19.5 Å². The van der Waals surface area contributed by atoms with Gasteiger partial charge in [-0.05, 0) is 40.2 Å². The molecule has 0 aromatic carbocycles. The van der Waals surface area contributed by atoms with Gasteiger partial charge in [-0.3, -0.25) is 14.4 Å². The Morgan fingerprint density at radius 1 is 1.15 bits per heavy atom. The van der Waals surface area contributed by atoms with Crippen LogP contribution in [0, 0.1) is 17.3 Å². The molecule has 2 aliphatic rings. The molecule has 0 spiro atoms. The van der Waals surface area contributed by atoms with E-state index >= 15 is 0 Å². The molecule has 1 aliphatic heterocycles. The second-order valence-corrected chi connectivity index (χ2v) is 8.06. The van der Waals surface area contributed by atoms with E-state index in [1.807, 2.05) is 0 Å². The molecule has 1 aliphatic carbocycles. The maximum absolute atomic E-state index is 12.7. The Kier molecular flexibility index (Phi) is 5.97. The zero-order chi connectivity index (χ0) is 19.7. The van der Waals surface area contributed by atoms with Gasteiger partial charge in [-0.15, -0.1) is 0 Å². The molecule has 0 unspecified atom stereocenters. The molecule has 2 rings (SSSR count). The summed E-state index contributed by atoms with van der Waals surface area (Å²) in [5.74, 6) is -3.09. The highest BCUT2D eigenvalue weighted by atomic mass is 16.6. The Morgan fingerprint density at radius 3 is 2.23 bits per heavy atom. The Morgan fingerprint density at radius 2 is 1.73 bits per heavy atom. The monoisotopic (exact) mass is 371 g/mol. The maximum atomic E-state index is 12.7. The van der Waals surface area contributed by atoms with Gasteiger partial charge in [0.2, 0.25) is 0 Å². The van der Waals surface area contributed by atoms with Crippen molar-refractivity contribution in [3.05, 3.63) is 0 Å². The molecule has 0 aromatic rings. The number of piperidine rings is 1. The molecule has 1 saturated heterocycles. The number of carbonyl (C=O) groups excluding carboxylic acids is 3. The topological polar surface area (TPSA) is 111 Å². The van der Waals surface area contributed by atoms with Crippen molar-refractivity contribution in [2.75, 3.05) is 20.8 Å². The number of hydrogen-bond acceptors (Lipinski definition) is 8. The van der Waals surface area contributed by atoms with E-state index in [1.54, 1.807) is 20.8 Å². The first-order valence-corrected chi connectivity index (χ1v) is 8.87. The van der Waals surface area contributed by atoms with Crippen molar-refractivity contribution in [1.82, 2.24) is 5.32 Å². The number of carbonyl (C=O) groups is 3. The van der Waals surface area contributed by atoms with Crippen LogP contribution in [-0.4, -0.2) is 61.5 Å². The van der Waals surface area contributed by atoms with Crippen molar-refractivity contribution in [2.24, 2.45) is 17.3 Å². The standard InChI is InChI=1S/C18H29NO7/c1-17(2,3)26-13(21)8-11-14-10(12(20)6-7-19-14)9-18(11,15(22)24-4)16(23)25-5/h10-12,14,19-20H,6-9H2,1-5H3/t10-,11-,12-,14+/m1/s1. The van der Waals surface area contributed by atoms with Crippen molar-refractivity contribution < 1.29 is 33.7 Å². The number of aliphatic hydroxyl groups excluding tert-OH is 1. The predicted molar refractivity (Wildman–Crippen MR) is 90.9 cm³/mol. The van der Waals surface area contributed by atoms with E-state index in [0.717, 1.165) is 0 Å². The predicted octanol–water partition coefficient (Wildman–Crippen LogP) is 0.410. The first-order valence-electron chi connectivity index (χ1n) is 8.87. The van der Waals surface area contributed by atoms with Gasteiger partial charge in [-0.25, -0.2) is 0 Å². The molecule has 26 heavy (non-hydrogen) atoms. The summed E-state index contributed by atoms with van der Waals surface area (Å²) in [4.78, 5) is 37.8. The summed E-state index contributed by atoms with van der Waals surface area (Å²) in [6.45, 7) is 5.78. The van der Waals surface area contributed by atoms with Crippen molar-refractivity contribution in [1.29, 1.82) is 0 Å². The van der Waals surface area contributed by atoms with Gasteiger partial charge in [0.05, 0.1) is 26.7 Å². The fourth-order valence-corrected chi connectivity index (χ4v) is 4.32. The molecule has 2 fully saturated rings. The summed E-state index contributed by atoms with van der Waals surface area (Å²) in [5, 5.41) is 13.7. The van der Waals surface area contributed by atoms with E-state index < -0.39 is 40.9 Å². The van der Waals surface area contributed by atoms with Crippen LogP contribution >= 0.6 is 0 Å². The molecule has 1 saturated carbocycles. The van der Waals surface area contributed by atoms with Gasteiger partial charge < -0.3 is 24.6 Å². The summed E-state index contributed by atoms with van der Waals surface area (Å²) in [7, 11) is 2.40. The minimum Gasteiger partial charge on any atom is -0.468 e. The number of esters is 3. The van der Waals surface area contributed by atoms with Gasteiger partial charge >= 0.3 is 17.9 Å². The average Bonchev–Trinajstić information content (AvgIpc) is 2.88. The van der Waals surface area contributed by atoms with Crippen LogP contribution < -0.4 is 5.32 Å². The third-order valence-corrected chi connectivity index (χ3v) is 5.31. The zero-order valence-electron chi connectivity index (χ0n) is 16.0. The van der Waals surface area contributed by atoms with Gasteiger partial charge in [-0.2, -0.15) is 0 Å².